The van der Waals surface area contributed by atoms with Crippen LogP contribution in [-0.2, 0) is 4.79 Å². The Bertz CT molecular complexity index is 840. The van der Waals surface area contributed by atoms with Crippen molar-refractivity contribution in [1.82, 2.24) is 5.43 Å². The van der Waals surface area contributed by atoms with Crippen LogP contribution in [0.1, 0.15) is 12.5 Å². The van der Waals surface area contributed by atoms with Crippen molar-refractivity contribution in [2.24, 2.45) is 5.10 Å². The van der Waals surface area contributed by atoms with Crippen molar-refractivity contribution in [3.63, 3.8) is 0 Å². The molecule has 2 aromatic rings. The number of nitrogens with one attached hydrogen (secondary N) is 1. The first-order chi connectivity index (χ1) is 12.6. The van der Waals surface area contributed by atoms with Crippen LogP contribution in [0, 0.1) is 3.57 Å². The second-order valence-electron chi connectivity index (χ2n) is 5.37. The molecule has 0 unspecified atom stereocenters. The van der Waals surface area contributed by atoms with E-state index in [1.807, 2.05) is 13.0 Å². The van der Waals surface area contributed by atoms with Crippen LogP contribution in [0.4, 0.5) is 0 Å². The van der Waals surface area contributed by atoms with E-state index >= 15 is 0 Å². The Hall–Kier alpha value is -2.49. The van der Waals surface area contributed by atoms with Crippen LogP contribution in [-0.4, -0.2) is 36.5 Å². The minimum absolute atomic E-state index is 0.0311. The van der Waals surface area contributed by atoms with Gasteiger partial charge in [-0.25, -0.2) is 5.43 Å². The first-order valence-corrected chi connectivity index (χ1v) is 9.03. The smallest absolute Gasteiger partial charge is 0.284 e. The van der Waals surface area contributed by atoms with E-state index in [4.69, 9.17) is 14.2 Å². The van der Waals surface area contributed by atoms with Gasteiger partial charge in [-0.1, -0.05) is 12.1 Å². The molecule has 1 amide bonds. The number of rotatable bonds is 5. The first kappa shape index (κ1) is 18.3. The Balaban J connectivity index is 1.65. The summed E-state index contributed by atoms with van der Waals surface area (Å²) >= 11 is 2.11. The molecule has 1 aliphatic rings. The number of benzene rings is 2. The normalized spacial score (nSPS) is 15.7. The van der Waals surface area contributed by atoms with Gasteiger partial charge in [0, 0.05) is 9.13 Å². The third-order valence-electron chi connectivity index (χ3n) is 3.55. The lowest BCUT2D eigenvalue weighted by Gasteiger charge is -2.24. The van der Waals surface area contributed by atoms with Gasteiger partial charge in [0.15, 0.2) is 23.0 Å². The fraction of sp³-hybridized carbons (Fsp3) is 0.222. The molecule has 7 nitrogen and oxygen atoms in total. The van der Waals surface area contributed by atoms with Crippen molar-refractivity contribution in [1.29, 1.82) is 0 Å². The number of nitrogens with zero attached hydrogens (tertiary/aromatic N) is 1. The Morgan fingerprint density at radius 2 is 2.19 bits per heavy atom. The zero-order valence-electron chi connectivity index (χ0n) is 13.9. The molecule has 0 aromatic heterocycles. The molecule has 0 aliphatic carbocycles. The number of aromatic hydroxyl groups is 1. The predicted molar refractivity (Wildman–Crippen MR) is 104 cm³/mol. The largest absolute Gasteiger partial charge is 0.504 e. The minimum Gasteiger partial charge on any atom is -0.504 e. The van der Waals surface area contributed by atoms with E-state index in [2.05, 4.69) is 33.1 Å². The average molecular weight is 468 g/mol. The number of amides is 1. The molecule has 0 bridgehead atoms. The average Bonchev–Trinajstić information content (AvgIpc) is 2.65. The number of carbonyl (C=O) groups excluding carboxylic acids is 1. The van der Waals surface area contributed by atoms with Gasteiger partial charge in [0.25, 0.3) is 5.91 Å². The summed E-state index contributed by atoms with van der Waals surface area (Å²) in [5.41, 5.74) is 2.84. The highest BCUT2D eigenvalue weighted by Gasteiger charge is 2.27. The lowest BCUT2D eigenvalue weighted by molar-refractivity contribution is -0.130. The first-order valence-electron chi connectivity index (χ1n) is 7.95. The van der Waals surface area contributed by atoms with E-state index in [-0.39, 0.29) is 12.4 Å². The molecular weight excluding hydrogens is 451 g/mol. The number of hydrogen-bond acceptors (Lipinski definition) is 6. The van der Waals surface area contributed by atoms with Crippen molar-refractivity contribution < 1.29 is 24.1 Å². The van der Waals surface area contributed by atoms with Crippen molar-refractivity contribution in [3.05, 3.63) is 45.5 Å². The molecule has 0 saturated heterocycles. The molecule has 8 heteroatoms. The molecule has 3 rings (SSSR count). The Kier molecular flexibility index (Phi) is 5.82. The van der Waals surface area contributed by atoms with E-state index in [0.717, 1.165) is 3.57 Å². The molecule has 0 saturated carbocycles. The SMILES string of the molecule is CCOc1cc(I)cc(C=NNC(=O)[C@H]2COc3ccccc3O2)c1O. The number of hydrazone groups is 1. The molecule has 1 heterocycles. The minimum atomic E-state index is -0.800. The van der Waals surface area contributed by atoms with Crippen LogP contribution in [0.5, 0.6) is 23.0 Å². The van der Waals surface area contributed by atoms with E-state index < -0.39 is 12.0 Å². The number of phenols is 1. The highest BCUT2D eigenvalue weighted by molar-refractivity contribution is 14.1. The Morgan fingerprint density at radius 3 is 2.96 bits per heavy atom. The third-order valence-corrected chi connectivity index (χ3v) is 4.17. The number of ether oxygens (including phenoxy) is 3. The van der Waals surface area contributed by atoms with Gasteiger partial charge in [-0.2, -0.15) is 5.10 Å². The van der Waals surface area contributed by atoms with Crippen molar-refractivity contribution in [2.45, 2.75) is 13.0 Å². The summed E-state index contributed by atoms with van der Waals surface area (Å²) in [5, 5.41) is 14.1. The third kappa shape index (κ3) is 4.18. The molecule has 2 aromatic carbocycles. The van der Waals surface area contributed by atoms with E-state index in [1.165, 1.54) is 6.21 Å². The summed E-state index contributed by atoms with van der Waals surface area (Å²) in [5.74, 6) is 1.02. The van der Waals surface area contributed by atoms with Gasteiger partial charge in [-0.05, 0) is 53.8 Å². The highest BCUT2D eigenvalue weighted by Crippen LogP contribution is 2.32. The number of halogens is 1. The van der Waals surface area contributed by atoms with Crippen molar-refractivity contribution in [3.8, 4) is 23.0 Å². The zero-order chi connectivity index (χ0) is 18.5. The second-order valence-corrected chi connectivity index (χ2v) is 6.62. The van der Waals surface area contributed by atoms with Crippen LogP contribution in [0.3, 0.4) is 0 Å². The number of fused-ring (bicyclic) bond motifs is 1. The van der Waals surface area contributed by atoms with E-state index in [1.54, 1.807) is 30.3 Å². The Labute approximate surface area is 164 Å². The molecule has 0 fully saturated rings. The lowest BCUT2D eigenvalue weighted by atomic mass is 10.2. The van der Waals surface area contributed by atoms with Gasteiger partial charge < -0.3 is 19.3 Å². The van der Waals surface area contributed by atoms with Crippen LogP contribution in [0.15, 0.2) is 41.5 Å². The molecule has 1 atom stereocenters. The van der Waals surface area contributed by atoms with Gasteiger partial charge in [0.1, 0.15) is 6.61 Å². The lowest BCUT2D eigenvalue weighted by Crippen LogP contribution is -2.42. The van der Waals surface area contributed by atoms with Crippen LogP contribution >= 0.6 is 22.6 Å². The van der Waals surface area contributed by atoms with Gasteiger partial charge >= 0.3 is 0 Å². The molecule has 0 spiro atoms. The number of para-hydroxylation sites is 2. The molecule has 26 heavy (non-hydrogen) atoms. The fourth-order valence-corrected chi connectivity index (χ4v) is 2.96. The standard InChI is InChI=1S/C18H17IN2O5/c1-2-24-15-8-12(19)7-11(17(15)22)9-20-21-18(23)16-10-25-13-5-3-4-6-14(13)26-16/h3-9,16,22H,2,10H2,1H3,(H,21,23)/t16-/m1/s1. The van der Waals surface area contributed by atoms with Gasteiger partial charge in [0.2, 0.25) is 6.10 Å². The number of carbonyl (C=O) groups is 1. The quantitative estimate of drug-likeness (QED) is 0.400. The van der Waals surface area contributed by atoms with Gasteiger partial charge in [-0.15, -0.1) is 0 Å². The molecule has 2 N–H and O–H groups in total. The van der Waals surface area contributed by atoms with E-state index in [9.17, 15) is 9.90 Å². The molecule has 0 radical (unpaired) electrons. The van der Waals surface area contributed by atoms with E-state index in [0.29, 0.717) is 29.4 Å². The van der Waals surface area contributed by atoms with Gasteiger partial charge in [-0.3, -0.25) is 4.79 Å². The zero-order valence-corrected chi connectivity index (χ0v) is 16.1. The Morgan fingerprint density at radius 1 is 1.42 bits per heavy atom. The van der Waals surface area contributed by atoms with Gasteiger partial charge in [0.05, 0.1) is 12.8 Å². The maximum Gasteiger partial charge on any atom is 0.284 e. The fourth-order valence-electron chi connectivity index (χ4n) is 2.34. The summed E-state index contributed by atoms with van der Waals surface area (Å²) in [7, 11) is 0. The summed E-state index contributed by atoms with van der Waals surface area (Å²) in [6.45, 7) is 2.36. The maximum absolute atomic E-state index is 12.2. The number of hydrogen-bond donors (Lipinski definition) is 2. The predicted octanol–water partition coefficient (Wildman–Crippen LogP) is 2.69. The van der Waals surface area contributed by atoms with Crippen molar-refractivity contribution >= 4 is 34.7 Å². The monoisotopic (exact) mass is 468 g/mol. The van der Waals surface area contributed by atoms with Crippen LogP contribution in [0.25, 0.3) is 0 Å². The number of phenolic OH excluding ortho intramolecular Hbond substituents is 1. The second kappa shape index (κ2) is 8.26. The topological polar surface area (TPSA) is 89.4 Å². The molecule has 136 valence electrons. The van der Waals surface area contributed by atoms with Crippen LogP contribution in [0.2, 0.25) is 0 Å². The summed E-state index contributed by atoms with van der Waals surface area (Å²) in [6.07, 6.45) is 0.556. The van der Waals surface area contributed by atoms with Crippen LogP contribution < -0.4 is 19.6 Å². The maximum atomic E-state index is 12.2. The summed E-state index contributed by atoms with van der Waals surface area (Å²) < 4.78 is 17.4. The molecular formula is C18H17IN2O5. The highest BCUT2D eigenvalue weighted by atomic mass is 127. The van der Waals surface area contributed by atoms with Crippen molar-refractivity contribution in [2.75, 3.05) is 13.2 Å². The summed E-state index contributed by atoms with van der Waals surface area (Å²) in [6, 6.07) is 10.6. The molecule has 1 aliphatic heterocycles. The summed E-state index contributed by atoms with van der Waals surface area (Å²) in [4.78, 5) is 12.2.